The second-order valence-corrected chi connectivity index (χ2v) is 8.91. The van der Waals surface area contributed by atoms with Gasteiger partial charge in [0.25, 0.3) is 5.91 Å². The van der Waals surface area contributed by atoms with Crippen LogP contribution >= 0.6 is 0 Å². The van der Waals surface area contributed by atoms with Gasteiger partial charge in [-0.2, -0.15) is 0 Å². The van der Waals surface area contributed by atoms with Gasteiger partial charge in [-0.1, -0.05) is 19.1 Å². The van der Waals surface area contributed by atoms with Crippen molar-refractivity contribution in [2.24, 2.45) is 5.92 Å². The molecule has 3 atom stereocenters. The molecular weight excluding hydrogens is 424 g/mol. The van der Waals surface area contributed by atoms with E-state index in [4.69, 9.17) is 9.47 Å². The van der Waals surface area contributed by atoms with E-state index in [9.17, 15) is 14.7 Å². The first kappa shape index (κ1) is 25.1. The van der Waals surface area contributed by atoms with Crippen molar-refractivity contribution in [2.45, 2.75) is 32.9 Å². The molecule has 0 unspecified atom stereocenters. The van der Waals surface area contributed by atoms with E-state index in [0.717, 1.165) is 18.7 Å². The fraction of sp³-hybridized carbons (Fsp3) is 0.625. The predicted octanol–water partition coefficient (Wildman–Crippen LogP) is 1.13. The number of ether oxygens (including phenoxy) is 2. The normalized spacial score (nSPS) is 22.9. The van der Waals surface area contributed by atoms with Gasteiger partial charge < -0.3 is 24.4 Å². The topological polar surface area (TPSA) is 95.4 Å². The Morgan fingerprint density at radius 1 is 1.39 bits per heavy atom. The average Bonchev–Trinajstić information content (AvgIpc) is 2.82. The first-order chi connectivity index (χ1) is 15.8. The standard InChI is InChI=1S/C24H36N4O5/c1-5-6-19-11-20-23(25-12-19)33-21(17(2)13-28(24(20)31)18(3)16-29)14-26(4)22(30)15-27-7-9-32-10-8-27/h5-6,11-12,17-18,21,29H,7-10,13-16H2,1-4H3/b6-5+/t17-,18-,21-/m0/s1. The Morgan fingerprint density at radius 3 is 2.79 bits per heavy atom. The highest BCUT2D eigenvalue weighted by Gasteiger charge is 2.34. The molecule has 0 radical (unpaired) electrons. The van der Waals surface area contributed by atoms with Gasteiger partial charge in [0.05, 0.1) is 39.0 Å². The molecule has 0 aromatic carbocycles. The Balaban J connectivity index is 1.82. The van der Waals surface area contributed by atoms with Crippen molar-refractivity contribution in [1.82, 2.24) is 19.7 Å². The largest absolute Gasteiger partial charge is 0.472 e. The first-order valence-corrected chi connectivity index (χ1v) is 11.6. The molecule has 0 spiro atoms. The highest BCUT2D eigenvalue weighted by atomic mass is 16.5. The Morgan fingerprint density at radius 2 is 2.12 bits per heavy atom. The van der Waals surface area contributed by atoms with Gasteiger partial charge in [0.2, 0.25) is 11.8 Å². The zero-order chi connectivity index (χ0) is 24.0. The highest BCUT2D eigenvalue weighted by Crippen LogP contribution is 2.27. The number of amides is 2. The van der Waals surface area contributed by atoms with Crippen LogP contribution in [0.15, 0.2) is 18.3 Å². The molecule has 1 aromatic heterocycles. The maximum atomic E-state index is 13.3. The maximum Gasteiger partial charge on any atom is 0.259 e. The Kier molecular flexibility index (Phi) is 8.82. The summed E-state index contributed by atoms with van der Waals surface area (Å²) in [5.74, 6) is -0.0174. The van der Waals surface area contributed by atoms with Gasteiger partial charge in [-0.3, -0.25) is 14.5 Å². The van der Waals surface area contributed by atoms with Crippen LogP contribution in [0.2, 0.25) is 0 Å². The quantitative estimate of drug-likeness (QED) is 0.652. The van der Waals surface area contributed by atoms with Crippen LogP contribution in [-0.2, 0) is 9.53 Å². The van der Waals surface area contributed by atoms with E-state index in [2.05, 4.69) is 9.88 Å². The minimum atomic E-state index is -0.357. The van der Waals surface area contributed by atoms with E-state index in [1.54, 1.807) is 29.1 Å². The molecule has 3 heterocycles. The Hall–Kier alpha value is -2.49. The number of aliphatic hydroxyl groups is 1. The number of hydrogen-bond acceptors (Lipinski definition) is 7. The lowest BCUT2D eigenvalue weighted by atomic mass is 10.00. The number of rotatable bonds is 7. The number of morpholine rings is 1. The molecule has 9 heteroatoms. The third-order valence-electron chi connectivity index (χ3n) is 6.24. The van der Waals surface area contributed by atoms with E-state index in [1.807, 2.05) is 32.9 Å². The SMILES string of the molecule is C/C=C/c1cnc2c(c1)C(=O)N([C@@H](C)CO)C[C@H](C)[C@H](CN(C)C(=O)CN1CCOCC1)O2. The predicted molar refractivity (Wildman–Crippen MR) is 125 cm³/mol. The van der Waals surface area contributed by atoms with E-state index >= 15 is 0 Å². The number of aliphatic hydroxyl groups excluding tert-OH is 1. The van der Waals surface area contributed by atoms with Crippen molar-refractivity contribution >= 4 is 17.9 Å². The molecule has 9 nitrogen and oxygen atoms in total. The van der Waals surface area contributed by atoms with Crippen molar-refractivity contribution in [2.75, 3.05) is 59.6 Å². The maximum absolute atomic E-state index is 13.3. The molecule has 2 amide bonds. The second-order valence-electron chi connectivity index (χ2n) is 8.91. The van der Waals surface area contributed by atoms with Crippen molar-refractivity contribution in [3.8, 4) is 5.88 Å². The Labute approximate surface area is 196 Å². The van der Waals surface area contributed by atoms with Gasteiger partial charge in [-0.15, -0.1) is 0 Å². The molecule has 1 fully saturated rings. The van der Waals surface area contributed by atoms with Crippen LogP contribution < -0.4 is 4.74 Å². The zero-order valence-electron chi connectivity index (χ0n) is 20.1. The number of likely N-dealkylation sites (N-methyl/N-ethyl adjacent to an activating group) is 1. The number of allylic oxidation sites excluding steroid dienone is 1. The molecule has 33 heavy (non-hydrogen) atoms. The minimum Gasteiger partial charge on any atom is -0.472 e. The van der Waals surface area contributed by atoms with E-state index in [1.165, 1.54) is 0 Å². The number of aromatic nitrogens is 1. The smallest absolute Gasteiger partial charge is 0.259 e. The second kappa shape index (κ2) is 11.6. The molecule has 0 saturated carbocycles. The van der Waals surface area contributed by atoms with E-state index in [0.29, 0.717) is 38.4 Å². The number of pyridine rings is 1. The monoisotopic (exact) mass is 460 g/mol. The van der Waals surface area contributed by atoms with Crippen LogP contribution in [-0.4, -0.2) is 108 Å². The summed E-state index contributed by atoms with van der Waals surface area (Å²) in [7, 11) is 1.78. The molecular formula is C24H36N4O5. The van der Waals surface area contributed by atoms with Crippen LogP contribution in [0.5, 0.6) is 5.88 Å². The molecule has 0 bridgehead atoms. The summed E-state index contributed by atoms with van der Waals surface area (Å²) < 4.78 is 11.6. The average molecular weight is 461 g/mol. The summed E-state index contributed by atoms with van der Waals surface area (Å²) in [5, 5.41) is 9.76. The van der Waals surface area contributed by atoms with Gasteiger partial charge in [0.1, 0.15) is 11.7 Å². The third kappa shape index (κ3) is 6.31. The number of carbonyl (C=O) groups excluding carboxylic acids is 2. The summed E-state index contributed by atoms with van der Waals surface area (Å²) in [5.41, 5.74) is 1.16. The zero-order valence-corrected chi connectivity index (χ0v) is 20.1. The Bertz CT molecular complexity index is 855. The highest BCUT2D eigenvalue weighted by molar-refractivity contribution is 5.97. The summed E-state index contributed by atoms with van der Waals surface area (Å²) >= 11 is 0. The first-order valence-electron chi connectivity index (χ1n) is 11.6. The molecule has 1 saturated heterocycles. The summed E-state index contributed by atoms with van der Waals surface area (Å²) in [4.78, 5) is 36.1. The molecule has 182 valence electrons. The van der Waals surface area contributed by atoms with Gasteiger partial charge >= 0.3 is 0 Å². The van der Waals surface area contributed by atoms with Crippen LogP contribution in [0.25, 0.3) is 6.08 Å². The lowest BCUT2D eigenvalue weighted by molar-refractivity contribution is -0.133. The van der Waals surface area contributed by atoms with Gasteiger partial charge in [0, 0.05) is 38.8 Å². The molecule has 1 N–H and O–H groups in total. The van der Waals surface area contributed by atoms with Crippen molar-refractivity contribution in [1.29, 1.82) is 0 Å². The van der Waals surface area contributed by atoms with E-state index in [-0.39, 0.29) is 42.4 Å². The van der Waals surface area contributed by atoms with Gasteiger partial charge in [0.15, 0.2) is 0 Å². The minimum absolute atomic E-state index is 0.0167. The lowest BCUT2D eigenvalue weighted by Gasteiger charge is -2.38. The molecule has 0 aliphatic carbocycles. The van der Waals surface area contributed by atoms with Gasteiger partial charge in [-0.05, 0) is 25.5 Å². The fourth-order valence-electron chi connectivity index (χ4n) is 4.06. The van der Waals surface area contributed by atoms with Crippen molar-refractivity contribution in [3.63, 3.8) is 0 Å². The van der Waals surface area contributed by atoms with Crippen molar-refractivity contribution in [3.05, 3.63) is 29.5 Å². The van der Waals surface area contributed by atoms with E-state index < -0.39 is 0 Å². The number of fused-ring (bicyclic) bond motifs is 1. The van der Waals surface area contributed by atoms with Crippen LogP contribution in [0, 0.1) is 5.92 Å². The summed E-state index contributed by atoms with van der Waals surface area (Å²) in [6.45, 7) is 9.48. The number of nitrogens with zero attached hydrogens (tertiary/aromatic N) is 4. The number of carbonyl (C=O) groups is 2. The molecule has 1 aromatic rings. The third-order valence-corrected chi connectivity index (χ3v) is 6.24. The van der Waals surface area contributed by atoms with Crippen molar-refractivity contribution < 1.29 is 24.2 Å². The van der Waals surface area contributed by atoms with Crippen LogP contribution in [0.3, 0.4) is 0 Å². The number of hydrogen-bond donors (Lipinski definition) is 1. The van der Waals surface area contributed by atoms with Gasteiger partial charge in [-0.25, -0.2) is 4.98 Å². The molecule has 2 aliphatic heterocycles. The summed E-state index contributed by atoms with van der Waals surface area (Å²) in [6.07, 6.45) is 5.06. The molecule has 2 aliphatic rings. The molecule has 3 rings (SSSR count). The fourth-order valence-corrected chi connectivity index (χ4v) is 4.06. The summed E-state index contributed by atoms with van der Waals surface area (Å²) in [6, 6.07) is 1.42. The van der Waals surface area contributed by atoms with Crippen LogP contribution in [0.4, 0.5) is 0 Å². The van der Waals surface area contributed by atoms with Crippen LogP contribution in [0.1, 0.15) is 36.7 Å². The lowest BCUT2D eigenvalue weighted by Crippen LogP contribution is -2.51.